The summed E-state index contributed by atoms with van der Waals surface area (Å²) in [5, 5.41) is 1.01. The van der Waals surface area contributed by atoms with Crippen molar-refractivity contribution >= 4 is 22.7 Å². The molecule has 3 aromatic rings. The smallest absolute Gasteiger partial charge is 0.355 e. The standard InChI is InChI=1S/C20H19NO3/c1-3-24-20(23)19-17(16-6-4-5-7-18(16)21-19)12-14-8-10-15(11-9-14)13(2)22/h4-11,21H,3,12H2,1-2H3. The summed E-state index contributed by atoms with van der Waals surface area (Å²) in [6.07, 6.45) is 0.594. The second-order valence-corrected chi connectivity index (χ2v) is 5.67. The number of carbonyl (C=O) groups excluding carboxylic acids is 2. The van der Waals surface area contributed by atoms with Gasteiger partial charge in [-0.1, -0.05) is 42.5 Å². The van der Waals surface area contributed by atoms with Gasteiger partial charge in [-0.3, -0.25) is 4.79 Å². The van der Waals surface area contributed by atoms with Crippen molar-refractivity contribution in [2.24, 2.45) is 0 Å². The van der Waals surface area contributed by atoms with Crippen molar-refractivity contribution in [1.82, 2.24) is 4.98 Å². The Bertz CT molecular complexity index is 891. The van der Waals surface area contributed by atoms with Crippen molar-refractivity contribution < 1.29 is 14.3 Å². The topological polar surface area (TPSA) is 59.2 Å². The van der Waals surface area contributed by atoms with Crippen LogP contribution in [-0.2, 0) is 11.2 Å². The van der Waals surface area contributed by atoms with Gasteiger partial charge in [-0.25, -0.2) is 4.79 Å². The van der Waals surface area contributed by atoms with E-state index in [0.717, 1.165) is 22.0 Å². The second-order valence-electron chi connectivity index (χ2n) is 5.67. The third-order valence-electron chi connectivity index (χ3n) is 4.03. The lowest BCUT2D eigenvalue weighted by atomic mass is 10.00. The number of aromatic amines is 1. The Kier molecular flexibility index (Phi) is 4.47. The Balaban J connectivity index is 2.02. The zero-order valence-corrected chi connectivity index (χ0v) is 13.8. The van der Waals surface area contributed by atoms with Gasteiger partial charge < -0.3 is 9.72 Å². The fourth-order valence-electron chi connectivity index (χ4n) is 2.82. The molecule has 3 rings (SSSR count). The summed E-state index contributed by atoms with van der Waals surface area (Å²) in [4.78, 5) is 26.8. The molecule has 122 valence electrons. The van der Waals surface area contributed by atoms with E-state index in [0.29, 0.717) is 24.3 Å². The van der Waals surface area contributed by atoms with Crippen LogP contribution in [0.2, 0.25) is 0 Å². The Morgan fingerprint density at radius 2 is 1.75 bits per heavy atom. The first-order chi connectivity index (χ1) is 11.6. The maximum absolute atomic E-state index is 12.3. The minimum Gasteiger partial charge on any atom is -0.461 e. The summed E-state index contributed by atoms with van der Waals surface area (Å²) in [5.74, 6) is -0.301. The monoisotopic (exact) mass is 321 g/mol. The van der Waals surface area contributed by atoms with Crippen LogP contribution in [0.3, 0.4) is 0 Å². The molecule has 0 saturated heterocycles. The molecule has 0 spiro atoms. The van der Waals surface area contributed by atoms with Crippen molar-refractivity contribution in [3.05, 3.63) is 70.9 Å². The van der Waals surface area contributed by atoms with Crippen LogP contribution in [0.25, 0.3) is 10.9 Å². The molecule has 0 bridgehead atoms. The highest BCUT2D eigenvalue weighted by Gasteiger charge is 2.18. The average Bonchev–Trinajstić information content (AvgIpc) is 2.94. The number of hydrogen-bond donors (Lipinski definition) is 1. The molecule has 0 amide bonds. The molecule has 0 aliphatic heterocycles. The summed E-state index contributed by atoms with van der Waals surface area (Å²) < 4.78 is 5.17. The summed E-state index contributed by atoms with van der Waals surface area (Å²) in [5.41, 5.74) is 4.04. The number of esters is 1. The summed E-state index contributed by atoms with van der Waals surface area (Å²) in [6, 6.07) is 15.3. The molecule has 24 heavy (non-hydrogen) atoms. The normalized spacial score (nSPS) is 10.8. The number of ketones is 1. The van der Waals surface area contributed by atoms with E-state index in [1.165, 1.54) is 0 Å². The molecule has 0 unspecified atom stereocenters. The van der Waals surface area contributed by atoms with E-state index in [9.17, 15) is 9.59 Å². The molecule has 0 aliphatic carbocycles. The maximum Gasteiger partial charge on any atom is 0.355 e. The van der Waals surface area contributed by atoms with Crippen molar-refractivity contribution in [2.45, 2.75) is 20.3 Å². The van der Waals surface area contributed by atoms with Crippen LogP contribution in [-0.4, -0.2) is 23.3 Å². The Morgan fingerprint density at radius 3 is 2.42 bits per heavy atom. The number of benzene rings is 2. The van der Waals surface area contributed by atoms with Crippen molar-refractivity contribution in [2.75, 3.05) is 6.61 Å². The lowest BCUT2D eigenvalue weighted by molar-refractivity contribution is 0.0519. The van der Waals surface area contributed by atoms with Gasteiger partial charge in [0.05, 0.1) is 6.61 Å². The van der Waals surface area contributed by atoms with Crippen molar-refractivity contribution in [3.8, 4) is 0 Å². The van der Waals surface area contributed by atoms with Crippen LogP contribution >= 0.6 is 0 Å². The third kappa shape index (κ3) is 3.08. The number of Topliss-reactive ketones (excluding diaryl/α,β-unsaturated/α-hetero) is 1. The van der Waals surface area contributed by atoms with Gasteiger partial charge in [0.15, 0.2) is 5.78 Å². The lowest BCUT2D eigenvalue weighted by Crippen LogP contribution is -2.08. The van der Waals surface area contributed by atoms with E-state index in [1.807, 2.05) is 48.5 Å². The zero-order chi connectivity index (χ0) is 17.1. The van der Waals surface area contributed by atoms with Gasteiger partial charge >= 0.3 is 5.97 Å². The first kappa shape index (κ1) is 16.0. The first-order valence-electron chi connectivity index (χ1n) is 7.96. The van der Waals surface area contributed by atoms with Crippen LogP contribution in [0.5, 0.6) is 0 Å². The number of aromatic nitrogens is 1. The van der Waals surface area contributed by atoms with Crippen LogP contribution in [0.15, 0.2) is 48.5 Å². The van der Waals surface area contributed by atoms with Crippen molar-refractivity contribution in [3.63, 3.8) is 0 Å². The molecule has 1 N–H and O–H groups in total. The maximum atomic E-state index is 12.3. The highest BCUT2D eigenvalue weighted by molar-refractivity contribution is 5.98. The fraction of sp³-hybridized carbons (Fsp3) is 0.200. The molecule has 0 radical (unpaired) electrons. The first-order valence-corrected chi connectivity index (χ1v) is 7.96. The molecule has 4 nitrogen and oxygen atoms in total. The summed E-state index contributed by atoms with van der Waals surface area (Å²) in [6.45, 7) is 3.68. The molecular weight excluding hydrogens is 302 g/mol. The Labute approximate surface area is 140 Å². The SMILES string of the molecule is CCOC(=O)c1[nH]c2ccccc2c1Cc1ccc(C(C)=O)cc1. The van der Waals surface area contributed by atoms with Crippen molar-refractivity contribution in [1.29, 1.82) is 0 Å². The summed E-state index contributed by atoms with van der Waals surface area (Å²) >= 11 is 0. The molecular formula is C20H19NO3. The Morgan fingerprint density at radius 1 is 1.04 bits per heavy atom. The highest BCUT2D eigenvalue weighted by Crippen LogP contribution is 2.26. The van der Waals surface area contributed by atoms with Gasteiger partial charge in [0.25, 0.3) is 0 Å². The predicted octanol–water partition coefficient (Wildman–Crippen LogP) is 4.14. The molecule has 0 atom stereocenters. The van der Waals surface area contributed by atoms with E-state index in [4.69, 9.17) is 4.74 Å². The van der Waals surface area contributed by atoms with Gasteiger partial charge in [-0.05, 0) is 31.0 Å². The third-order valence-corrected chi connectivity index (χ3v) is 4.03. The van der Waals surface area contributed by atoms with Crippen LogP contribution in [0.4, 0.5) is 0 Å². The second kappa shape index (κ2) is 6.71. The molecule has 4 heteroatoms. The highest BCUT2D eigenvalue weighted by atomic mass is 16.5. The van der Waals surface area contributed by atoms with Crippen LogP contribution in [0, 0.1) is 0 Å². The minimum atomic E-state index is -0.343. The number of fused-ring (bicyclic) bond motifs is 1. The van der Waals surface area contributed by atoms with Gasteiger partial charge in [0, 0.05) is 22.9 Å². The quantitative estimate of drug-likeness (QED) is 0.567. The number of para-hydroxylation sites is 1. The predicted molar refractivity (Wildman–Crippen MR) is 93.5 cm³/mol. The number of carbonyl (C=O) groups is 2. The minimum absolute atomic E-state index is 0.0425. The number of rotatable bonds is 5. The molecule has 0 aliphatic rings. The molecule has 2 aromatic carbocycles. The van der Waals surface area contributed by atoms with Gasteiger partial charge in [0.2, 0.25) is 0 Å². The molecule has 1 aromatic heterocycles. The Hall–Kier alpha value is -2.88. The lowest BCUT2D eigenvalue weighted by Gasteiger charge is -2.06. The largest absolute Gasteiger partial charge is 0.461 e. The van der Waals surface area contributed by atoms with E-state index in [-0.39, 0.29) is 11.8 Å². The fourth-order valence-corrected chi connectivity index (χ4v) is 2.82. The summed E-state index contributed by atoms with van der Waals surface area (Å²) in [7, 11) is 0. The van der Waals surface area contributed by atoms with Gasteiger partial charge in [0.1, 0.15) is 5.69 Å². The van der Waals surface area contributed by atoms with E-state index in [2.05, 4.69) is 4.98 Å². The van der Waals surface area contributed by atoms with E-state index >= 15 is 0 Å². The number of H-pyrrole nitrogens is 1. The molecule has 0 fully saturated rings. The number of ether oxygens (including phenoxy) is 1. The zero-order valence-electron chi connectivity index (χ0n) is 13.8. The van der Waals surface area contributed by atoms with Crippen LogP contribution < -0.4 is 0 Å². The number of hydrogen-bond acceptors (Lipinski definition) is 3. The van der Waals surface area contributed by atoms with E-state index < -0.39 is 0 Å². The number of nitrogens with one attached hydrogen (secondary N) is 1. The molecule has 1 heterocycles. The van der Waals surface area contributed by atoms with Crippen LogP contribution in [0.1, 0.15) is 45.8 Å². The van der Waals surface area contributed by atoms with Gasteiger partial charge in [-0.2, -0.15) is 0 Å². The average molecular weight is 321 g/mol. The van der Waals surface area contributed by atoms with Gasteiger partial charge in [-0.15, -0.1) is 0 Å². The molecule has 0 saturated carbocycles. The van der Waals surface area contributed by atoms with E-state index in [1.54, 1.807) is 13.8 Å².